The van der Waals surface area contributed by atoms with Gasteiger partial charge in [0.15, 0.2) is 5.82 Å². The Morgan fingerprint density at radius 1 is 1.53 bits per heavy atom. The topological polar surface area (TPSA) is 79.4 Å². The van der Waals surface area contributed by atoms with Crippen molar-refractivity contribution in [2.75, 3.05) is 5.32 Å². The van der Waals surface area contributed by atoms with Crippen molar-refractivity contribution in [3.8, 4) is 6.07 Å². The highest BCUT2D eigenvalue weighted by Gasteiger charge is 2.04. The monoisotopic (exact) mass is 228 g/mol. The first-order valence-electron chi connectivity index (χ1n) is 5.29. The van der Waals surface area contributed by atoms with Crippen LogP contribution in [0.1, 0.15) is 18.3 Å². The zero-order valence-corrected chi connectivity index (χ0v) is 9.46. The van der Waals surface area contributed by atoms with Crippen LogP contribution in [0, 0.1) is 11.3 Å². The van der Waals surface area contributed by atoms with Crippen molar-refractivity contribution in [2.45, 2.75) is 20.0 Å². The standard InChI is InChI=1S/C11H12N6/c1-2-17-8-15-16-11(17)7-14-10-6-13-4-3-9(10)5-12/h3-4,6,8,14H,2,7H2,1H3. The van der Waals surface area contributed by atoms with Gasteiger partial charge < -0.3 is 9.88 Å². The summed E-state index contributed by atoms with van der Waals surface area (Å²) in [6.45, 7) is 3.37. The van der Waals surface area contributed by atoms with Crippen molar-refractivity contribution in [1.29, 1.82) is 5.26 Å². The first kappa shape index (κ1) is 11.1. The van der Waals surface area contributed by atoms with Crippen molar-refractivity contribution < 1.29 is 0 Å². The van der Waals surface area contributed by atoms with Gasteiger partial charge in [-0.25, -0.2) is 0 Å². The van der Waals surface area contributed by atoms with Crippen LogP contribution in [0.25, 0.3) is 0 Å². The molecule has 0 atom stereocenters. The van der Waals surface area contributed by atoms with Crippen LogP contribution in [0.4, 0.5) is 5.69 Å². The lowest BCUT2D eigenvalue weighted by molar-refractivity contribution is 0.708. The summed E-state index contributed by atoms with van der Waals surface area (Å²) in [5, 5.41) is 19.9. The van der Waals surface area contributed by atoms with E-state index < -0.39 is 0 Å². The van der Waals surface area contributed by atoms with E-state index in [1.807, 2.05) is 11.5 Å². The number of pyridine rings is 1. The smallest absolute Gasteiger partial charge is 0.152 e. The van der Waals surface area contributed by atoms with Crippen LogP contribution in [-0.4, -0.2) is 19.7 Å². The van der Waals surface area contributed by atoms with Crippen LogP contribution in [-0.2, 0) is 13.1 Å². The molecule has 0 aliphatic carbocycles. The zero-order chi connectivity index (χ0) is 12.1. The molecule has 0 saturated carbocycles. The van der Waals surface area contributed by atoms with E-state index in [2.05, 4.69) is 26.6 Å². The second-order valence-corrected chi connectivity index (χ2v) is 3.42. The summed E-state index contributed by atoms with van der Waals surface area (Å²) < 4.78 is 1.94. The highest BCUT2D eigenvalue weighted by molar-refractivity contribution is 5.55. The van der Waals surface area contributed by atoms with Gasteiger partial charge in [-0.2, -0.15) is 5.26 Å². The van der Waals surface area contributed by atoms with Gasteiger partial charge in [0.1, 0.15) is 12.4 Å². The third kappa shape index (κ3) is 2.39. The van der Waals surface area contributed by atoms with Gasteiger partial charge in [-0.1, -0.05) is 0 Å². The van der Waals surface area contributed by atoms with E-state index in [1.54, 1.807) is 24.8 Å². The summed E-state index contributed by atoms with van der Waals surface area (Å²) in [4.78, 5) is 3.98. The number of aryl methyl sites for hydroxylation is 1. The molecule has 1 N–H and O–H groups in total. The van der Waals surface area contributed by atoms with Crippen molar-refractivity contribution >= 4 is 5.69 Å². The lowest BCUT2D eigenvalue weighted by Gasteiger charge is -2.07. The molecule has 0 spiro atoms. The number of rotatable bonds is 4. The normalized spacial score (nSPS) is 9.88. The Morgan fingerprint density at radius 2 is 2.41 bits per heavy atom. The summed E-state index contributed by atoms with van der Waals surface area (Å²) in [6.07, 6.45) is 4.91. The molecule has 0 unspecified atom stereocenters. The zero-order valence-electron chi connectivity index (χ0n) is 9.46. The molecule has 2 heterocycles. The van der Waals surface area contributed by atoms with Gasteiger partial charge in [-0.3, -0.25) is 4.98 Å². The minimum atomic E-state index is 0.522. The van der Waals surface area contributed by atoms with E-state index >= 15 is 0 Å². The van der Waals surface area contributed by atoms with Crippen LogP contribution >= 0.6 is 0 Å². The predicted molar refractivity (Wildman–Crippen MR) is 62.0 cm³/mol. The van der Waals surface area contributed by atoms with E-state index in [4.69, 9.17) is 5.26 Å². The van der Waals surface area contributed by atoms with E-state index in [-0.39, 0.29) is 0 Å². The first-order valence-corrected chi connectivity index (χ1v) is 5.29. The molecule has 2 rings (SSSR count). The predicted octanol–water partition coefficient (Wildman–Crippen LogP) is 1.18. The summed E-state index contributed by atoms with van der Waals surface area (Å²) in [6, 6.07) is 3.78. The van der Waals surface area contributed by atoms with Crippen molar-refractivity contribution in [2.24, 2.45) is 0 Å². The Labute approximate surface area is 98.9 Å². The van der Waals surface area contributed by atoms with Crippen molar-refractivity contribution in [3.05, 3.63) is 36.2 Å². The van der Waals surface area contributed by atoms with Gasteiger partial charge in [0.2, 0.25) is 0 Å². The van der Waals surface area contributed by atoms with E-state index in [9.17, 15) is 0 Å². The maximum absolute atomic E-state index is 8.93. The third-order valence-corrected chi connectivity index (χ3v) is 2.41. The number of hydrogen-bond donors (Lipinski definition) is 1. The molecule has 2 aromatic rings. The molecule has 86 valence electrons. The van der Waals surface area contributed by atoms with E-state index in [0.717, 1.165) is 12.4 Å². The summed E-state index contributed by atoms with van der Waals surface area (Å²) in [5.41, 5.74) is 1.28. The van der Waals surface area contributed by atoms with Crippen LogP contribution in [0.2, 0.25) is 0 Å². The summed E-state index contributed by atoms with van der Waals surface area (Å²) >= 11 is 0. The maximum Gasteiger partial charge on any atom is 0.152 e. The van der Waals surface area contributed by atoms with Crippen LogP contribution in [0.15, 0.2) is 24.8 Å². The highest BCUT2D eigenvalue weighted by atomic mass is 15.3. The average Bonchev–Trinajstić information content (AvgIpc) is 2.84. The average molecular weight is 228 g/mol. The minimum Gasteiger partial charge on any atom is -0.375 e. The number of nitrogens with one attached hydrogen (secondary N) is 1. The molecule has 17 heavy (non-hydrogen) atoms. The van der Waals surface area contributed by atoms with Crippen molar-refractivity contribution in [1.82, 2.24) is 19.7 Å². The number of nitrogens with zero attached hydrogens (tertiary/aromatic N) is 5. The molecule has 2 aromatic heterocycles. The minimum absolute atomic E-state index is 0.522. The van der Waals surface area contributed by atoms with Gasteiger partial charge >= 0.3 is 0 Å². The van der Waals surface area contributed by atoms with Gasteiger partial charge in [-0.15, -0.1) is 10.2 Å². The number of anilines is 1. The molecule has 6 heteroatoms. The molecule has 0 saturated heterocycles. The Bertz CT molecular complexity index is 539. The van der Waals surface area contributed by atoms with Gasteiger partial charge in [-0.05, 0) is 13.0 Å². The third-order valence-electron chi connectivity index (χ3n) is 2.41. The first-order chi connectivity index (χ1) is 8.35. The molecule has 6 nitrogen and oxygen atoms in total. The summed E-state index contributed by atoms with van der Waals surface area (Å²) in [5.74, 6) is 0.834. The second kappa shape index (κ2) is 5.07. The molecule has 0 aromatic carbocycles. The number of nitriles is 1. The fourth-order valence-electron chi connectivity index (χ4n) is 1.49. The Morgan fingerprint density at radius 3 is 3.18 bits per heavy atom. The van der Waals surface area contributed by atoms with Crippen LogP contribution in [0.3, 0.4) is 0 Å². The molecular formula is C11H12N6. The molecule has 0 aliphatic rings. The largest absolute Gasteiger partial charge is 0.375 e. The van der Waals surface area contributed by atoms with E-state index in [0.29, 0.717) is 17.8 Å². The van der Waals surface area contributed by atoms with Gasteiger partial charge in [0.25, 0.3) is 0 Å². The lowest BCUT2D eigenvalue weighted by atomic mass is 10.2. The van der Waals surface area contributed by atoms with Crippen LogP contribution < -0.4 is 5.32 Å². The lowest BCUT2D eigenvalue weighted by Crippen LogP contribution is -2.08. The van der Waals surface area contributed by atoms with E-state index in [1.165, 1.54) is 0 Å². The second-order valence-electron chi connectivity index (χ2n) is 3.42. The quantitative estimate of drug-likeness (QED) is 0.849. The molecular weight excluding hydrogens is 216 g/mol. The highest BCUT2D eigenvalue weighted by Crippen LogP contribution is 2.12. The molecule has 0 fully saturated rings. The number of hydrogen-bond acceptors (Lipinski definition) is 5. The molecule has 0 aliphatic heterocycles. The fraction of sp³-hybridized carbons (Fsp3) is 0.273. The van der Waals surface area contributed by atoms with Crippen molar-refractivity contribution in [3.63, 3.8) is 0 Å². The van der Waals surface area contributed by atoms with Gasteiger partial charge in [0, 0.05) is 12.7 Å². The maximum atomic E-state index is 8.93. The Hall–Kier alpha value is -2.42. The fourth-order valence-corrected chi connectivity index (χ4v) is 1.49. The molecule has 0 bridgehead atoms. The molecule has 0 amide bonds. The van der Waals surface area contributed by atoms with Gasteiger partial charge in [0.05, 0.1) is 24.0 Å². The SMILES string of the molecule is CCn1cnnc1CNc1cnccc1C#N. The Balaban J connectivity index is 2.10. The number of aromatic nitrogens is 4. The Kier molecular flexibility index (Phi) is 3.31. The van der Waals surface area contributed by atoms with Crippen LogP contribution in [0.5, 0.6) is 0 Å². The summed E-state index contributed by atoms with van der Waals surface area (Å²) in [7, 11) is 0. The molecule has 0 radical (unpaired) electrons.